The van der Waals surface area contributed by atoms with Gasteiger partial charge in [0.25, 0.3) is 0 Å². The van der Waals surface area contributed by atoms with E-state index in [1.807, 2.05) is 13.0 Å². The van der Waals surface area contributed by atoms with Crippen LogP contribution in [0.2, 0.25) is 0 Å². The molecule has 2 aliphatic carbocycles. The molecule has 0 radical (unpaired) electrons. The number of nitrogens with zero attached hydrogens (tertiary/aromatic N) is 1. The molecular formula is C21H33FIN3O2. The number of rotatable bonds is 11. The highest BCUT2D eigenvalue weighted by Crippen LogP contribution is 2.31. The molecule has 0 aliphatic heterocycles. The molecule has 0 spiro atoms. The summed E-state index contributed by atoms with van der Waals surface area (Å²) in [7, 11) is 1.74. The fourth-order valence-electron chi connectivity index (χ4n) is 2.79. The third kappa shape index (κ3) is 8.11. The molecule has 2 N–H and O–H groups in total. The van der Waals surface area contributed by atoms with E-state index in [4.69, 9.17) is 9.47 Å². The van der Waals surface area contributed by atoms with Crippen LogP contribution in [0.15, 0.2) is 23.2 Å². The summed E-state index contributed by atoms with van der Waals surface area (Å²) in [6, 6.07) is 5.11. The lowest BCUT2D eigenvalue weighted by Crippen LogP contribution is -2.39. The maximum atomic E-state index is 14.3. The summed E-state index contributed by atoms with van der Waals surface area (Å²) >= 11 is 0. The quantitative estimate of drug-likeness (QED) is 0.204. The Kier molecular flexibility index (Phi) is 9.77. The monoisotopic (exact) mass is 505 g/mol. The van der Waals surface area contributed by atoms with Crippen molar-refractivity contribution < 1.29 is 13.9 Å². The van der Waals surface area contributed by atoms with Crippen molar-refractivity contribution in [2.45, 2.75) is 45.1 Å². The van der Waals surface area contributed by atoms with Gasteiger partial charge in [-0.1, -0.05) is 6.07 Å². The molecule has 2 aliphatic rings. The summed E-state index contributed by atoms with van der Waals surface area (Å²) in [5, 5.41) is 6.58. The highest BCUT2D eigenvalue weighted by Gasteiger charge is 2.23. The van der Waals surface area contributed by atoms with Gasteiger partial charge in [0.15, 0.2) is 17.5 Å². The number of hydrogen-bond donors (Lipinski definition) is 2. The van der Waals surface area contributed by atoms with Crippen LogP contribution in [0, 0.1) is 17.7 Å². The zero-order valence-electron chi connectivity index (χ0n) is 16.9. The minimum atomic E-state index is -0.308. The second-order valence-corrected chi connectivity index (χ2v) is 7.68. The van der Waals surface area contributed by atoms with Crippen molar-refractivity contribution in [2.75, 3.05) is 33.4 Å². The van der Waals surface area contributed by atoms with Crippen molar-refractivity contribution in [1.29, 1.82) is 0 Å². The molecule has 1 atom stereocenters. The smallest absolute Gasteiger partial charge is 0.191 e. The molecule has 5 nitrogen and oxygen atoms in total. The Bertz CT molecular complexity index is 636. The first-order valence-corrected chi connectivity index (χ1v) is 10.1. The first-order chi connectivity index (χ1) is 13.2. The topological polar surface area (TPSA) is 54.9 Å². The fraction of sp³-hybridized carbons (Fsp3) is 0.667. The predicted molar refractivity (Wildman–Crippen MR) is 121 cm³/mol. The van der Waals surface area contributed by atoms with E-state index in [1.54, 1.807) is 19.2 Å². The van der Waals surface area contributed by atoms with E-state index >= 15 is 0 Å². The Morgan fingerprint density at radius 2 is 1.93 bits per heavy atom. The van der Waals surface area contributed by atoms with Gasteiger partial charge in [-0.3, -0.25) is 4.99 Å². The zero-order chi connectivity index (χ0) is 19.1. The van der Waals surface area contributed by atoms with Gasteiger partial charge in [0.05, 0.1) is 12.6 Å². The van der Waals surface area contributed by atoms with Gasteiger partial charge in [-0.15, -0.1) is 24.0 Å². The average molecular weight is 505 g/mol. The van der Waals surface area contributed by atoms with E-state index in [0.29, 0.717) is 24.2 Å². The molecule has 28 heavy (non-hydrogen) atoms. The van der Waals surface area contributed by atoms with Crippen molar-refractivity contribution >= 4 is 29.9 Å². The van der Waals surface area contributed by atoms with Gasteiger partial charge < -0.3 is 20.1 Å². The number of nitrogens with one attached hydrogen (secondary N) is 2. The van der Waals surface area contributed by atoms with Gasteiger partial charge in [-0.05, 0) is 68.6 Å². The van der Waals surface area contributed by atoms with E-state index in [2.05, 4.69) is 15.6 Å². The molecule has 7 heteroatoms. The predicted octanol–water partition coefficient (Wildman–Crippen LogP) is 4.28. The van der Waals surface area contributed by atoms with Gasteiger partial charge in [-0.2, -0.15) is 0 Å². The first kappa shape index (κ1) is 23.2. The molecule has 1 aromatic carbocycles. The van der Waals surface area contributed by atoms with Gasteiger partial charge >= 0.3 is 0 Å². The van der Waals surface area contributed by atoms with Crippen LogP contribution in [-0.4, -0.2) is 39.4 Å². The summed E-state index contributed by atoms with van der Waals surface area (Å²) in [6.07, 6.45) is 5.96. The molecule has 0 bridgehead atoms. The normalized spacial score (nSPS) is 17.6. The van der Waals surface area contributed by atoms with Gasteiger partial charge in [-0.25, -0.2) is 4.39 Å². The van der Waals surface area contributed by atoms with Gasteiger partial charge in [0, 0.05) is 26.8 Å². The number of halogens is 2. The summed E-state index contributed by atoms with van der Waals surface area (Å²) in [5.41, 5.74) is 0.863. The van der Waals surface area contributed by atoms with Crippen molar-refractivity contribution in [3.8, 4) is 5.75 Å². The SMILES string of the molecule is CN=C(NCCCOCC1CC1)NC(C)c1ccc(OCC2CC2)c(F)c1.I. The summed E-state index contributed by atoms with van der Waals surface area (Å²) < 4.78 is 25.5. The largest absolute Gasteiger partial charge is 0.490 e. The number of hydrogen-bond acceptors (Lipinski definition) is 3. The second-order valence-electron chi connectivity index (χ2n) is 7.68. The van der Waals surface area contributed by atoms with Crippen LogP contribution in [-0.2, 0) is 4.74 Å². The molecule has 1 aromatic rings. The first-order valence-electron chi connectivity index (χ1n) is 10.1. The molecular weight excluding hydrogens is 472 g/mol. The van der Waals surface area contributed by atoms with E-state index < -0.39 is 0 Å². The Balaban J connectivity index is 0.00000280. The second kappa shape index (κ2) is 11.8. The van der Waals surface area contributed by atoms with Crippen molar-refractivity contribution in [3.63, 3.8) is 0 Å². The molecule has 0 amide bonds. The average Bonchev–Trinajstić information content (AvgIpc) is 3.57. The van der Waals surface area contributed by atoms with Gasteiger partial charge in [0.2, 0.25) is 0 Å². The van der Waals surface area contributed by atoms with E-state index in [9.17, 15) is 4.39 Å². The van der Waals surface area contributed by atoms with Crippen LogP contribution in [0.5, 0.6) is 5.75 Å². The van der Waals surface area contributed by atoms with Crippen LogP contribution < -0.4 is 15.4 Å². The van der Waals surface area contributed by atoms with Crippen LogP contribution in [0.3, 0.4) is 0 Å². The maximum Gasteiger partial charge on any atom is 0.191 e. The number of aliphatic imine (C=N–C) groups is 1. The Morgan fingerprint density at radius 3 is 2.57 bits per heavy atom. The lowest BCUT2D eigenvalue weighted by molar-refractivity contribution is 0.123. The lowest BCUT2D eigenvalue weighted by atomic mass is 10.1. The van der Waals surface area contributed by atoms with Crippen LogP contribution in [0.25, 0.3) is 0 Å². The molecule has 2 fully saturated rings. The Labute approximate surface area is 184 Å². The Morgan fingerprint density at radius 1 is 1.21 bits per heavy atom. The van der Waals surface area contributed by atoms with Crippen LogP contribution >= 0.6 is 24.0 Å². The maximum absolute atomic E-state index is 14.3. The zero-order valence-corrected chi connectivity index (χ0v) is 19.2. The third-order valence-electron chi connectivity index (χ3n) is 5.01. The minimum absolute atomic E-state index is 0. The lowest BCUT2D eigenvalue weighted by Gasteiger charge is -2.19. The molecule has 3 rings (SSSR count). The van der Waals surface area contributed by atoms with Crippen molar-refractivity contribution in [1.82, 2.24) is 10.6 Å². The Hall–Kier alpha value is -1.09. The molecule has 2 saturated carbocycles. The molecule has 1 unspecified atom stereocenters. The van der Waals surface area contributed by atoms with Crippen molar-refractivity contribution in [2.24, 2.45) is 16.8 Å². The molecule has 0 aromatic heterocycles. The number of guanidine groups is 1. The summed E-state index contributed by atoms with van der Waals surface area (Å²) in [6.45, 7) is 5.06. The van der Waals surface area contributed by atoms with E-state index in [0.717, 1.165) is 37.7 Å². The number of ether oxygens (including phenoxy) is 2. The standard InChI is InChI=1S/C21H32FN3O2.HI/c1-15(18-8-9-20(19(22)12-18)27-14-17-6-7-17)25-21(23-2)24-10-3-11-26-13-16-4-5-16;/h8-9,12,15-17H,3-7,10-11,13-14H2,1-2H3,(H2,23,24,25);1H. The summed E-state index contributed by atoms with van der Waals surface area (Å²) in [4.78, 5) is 4.24. The minimum Gasteiger partial charge on any atom is -0.490 e. The summed E-state index contributed by atoms with van der Waals surface area (Å²) in [5.74, 6) is 2.15. The number of benzene rings is 1. The highest BCUT2D eigenvalue weighted by atomic mass is 127. The molecule has 0 saturated heterocycles. The highest BCUT2D eigenvalue weighted by molar-refractivity contribution is 14.0. The fourth-order valence-corrected chi connectivity index (χ4v) is 2.79. The third-order valence-corrected chi connectivity index (χ3v) is 5.01. The van der Waals surface area contributed by atoms with Crippen molar-refractivity contribution in [3.05, 3.63) is 29.6 Å². The van der Waals surface area contributed by atoms with E-state index in [1.165, 1.54) is 25.7 Å². The molecule has 158 valence electrons. The molecule has 0 heterocycles. The van der Waals surface area contributed by atoms with Crippen LogP contribution in [0.4, 0.5) is 4.39 Å². The van der Waals surface area contributed by atoms with E-state index in [-0.39, 0.29) is 35.8 Å². The van der Waals surface area contributed by atoms with Crippen LogP contribution in [0.1, 0.15) is 50.6 Å². The van der Waals surface area contributed by atoms with Gasteiger partial charge in [0.1, 0.15) is 0 Å².